The number of quaternary nitrogens is 1. The third kappa shape index (κ3) is 61.6. The third-order valence-corrected chi connectivity index (χ3v) is 13.8. The molecule has 0 rings (SSSR count). The van der Waals surface area contributed by atoms with Gasteiger partial charge in [0.15, 0.2) is 12.4 Å². The lowest BCUT2D eigenvalue weighted by molar-refractivity contribution is -0.870. The predicted octanol–water partition coefficient (Wildman–Crippen LogP) is 18.5. The average Bonchev–Trinajstić information content (AvgIpc) is 3.43. The molecule has 0 saturated carbocycles. The summed E-state index contributed by atoms with van der Waals surface area (Å²) in [6.45, 7) is 4.64. The number of unbranched alkanes of at least 4 members (excludes halogenated alkanes) is 26. The van der Waals surface area contributed by atoms with Crippen LogP contribution in [0.2, 0.25) is 0 Å². The molecule has 0 bridgehead atoms. The Morgan fingerprint density at radius 2 is 0.713 bits per heavy atom. The fourth-order valence-corrected chi connectivity index (χ4v) is 8.82. The second kappa shape index (κ2) is 61.0. The van der Waals surface area contributed by atoms with Gasteiger partial charge in [-0.1, -0.05) is 277 Å². The van der Waals surface area contributed by atoms with E-state index in [0.29, 0.717) is 23.9 Å². The van der Waals surface area contributed by atoms with Crippen LogP contribution in [0.3, 0.4) is 0 Å². The van der Waals surface area contributed by atoms with Crippen molar-refractivity contribution in [3.05, 3.63) is 109 Å². The second-order valence-electron chi connectivity index (χ2n) is 22.7. The topological polar surface area (TPSA) is 111 Å². The summed E-state index contributed by atoms with van der Waals surface area (Å²) in [5.74, 6) is -2.29. The molecule has 458 valence electrons. The molecule has 9 heteroatoms. The minimum atomic E-state index is -1.63. The van der Waals surface area contributed by atoms with Gasteiger partial charge in [-0.3, -0.25) is 9.59 Å². The number of carbonyl (C=O) groups is 3. The maximum absolute atomic E-state index is 12.9. The molecule has 0 aromatic rings. The number of aliphatic carboxylic acids is 1. The van der Waals surface area contributed by atoms with Gasteiger partial charge in [-0.2, -0.15) is 0 Å². The minimum Gasteiger partial charge on any atom is -0.545 e. The summed E-state index contributed by atoms with van der Waals surface area (Å²) in [6.07, 6.45) is 81.5. The van der Waals surface area contributed by atoms with E-state index in [0.717, 1.165) is 103 Å². The van der Waals surface area contributed by atoms with Crippen molar-refractivity contribution in [2.75, 3.05) is 47.5 Å². The lowest BCUT2D eigenvalue weighted by Gasteiger charge is -2.26. The Morgan fingerprint density at radius 1 is 0.388 bits per heavy atom. The highest BCUT2D eigenvalue weighted by atomic mass is 16.7. The van der Waals surface area contributed by atoms with Crippen LogP contribution in [0.1, 0.15) is 264 Å². The molecule has 0 saturated heterocycles. The van der Waals surface area contributed by atoms with Gasteiger partial charge in [-0.15, -0.1) is 0 Å². The molecule has 0 fully saturated rings. The number of allylic oxidation sites excluding steroid dienone is 18. The van der Waals surface area contributed by atoms with Crippen molar-refractivity contribution in [2.45, 2.75) is 277 Å². The average molecular weight is 1120 g/mol. The summed E-state index contributed by atoms with van der Waals surface area (Å²) in [5, 5.41) is 11.8. The smallest absolute Gasteiger partial charge is 0.306 e. The third-order valence-electron chi connectivity index (χ3n) is 13.8. The van der Waals surface area contributed by atoms with E-state index in [1.165, 1.54) is 128 Å². The molecule has 0 aromatic carbocycles. The molecule has 0 heterocycles. The zero-order valence-corrected chi connectivity index (χ0v) is 52.2. The predicted molar refractivity (Wildman–Crippen MR) is 338 cm³/mol. The van der Waals surface area contributed by atoms with Crippen molar-refractivity contribution in [1.29, 1.82) is 0 Å². The molecule has 80 heavy (non-hydrogen) atoms. The number of carbonyl (C=O) groups excluding carboxylic acids is 3. The molecular formula is C71H121NO8. The first-order valence-electron chi connectivity index (χ1n) is 32.5. The summed E-state index contributed by atoms with van der Waals surface area (Å²) >= 11 is 0. The van der Waals surface area contributed by atoms with Gasteiger partial charge < -0.3 is 33.3 Å². The Balaban J connectivity index is 4.18. The van der Waals surface area contributed by atoms with E-state index in [9.17, 15) is 19.5 Å². The van der Waals surface area contributed by atoms with Crippen molar-refractivity contribution in [2.24, 2.45) is 0 Å². The molecule has 0 aliphatic rings. The Morgan fingerprint density at radius 3 is 1.06 bits per heavy atom. The maximum Gasteiger partial charge on any atom is 0.306 e. The van der Waals surface area contributed by atoms with Crippen molar-refractivity contribution < 1.29 is 42.9 Å². The Hall–Kier alpha value is -4.05. The van der Waals surface area contributed by atoms with E-state index >= 15 is 0 Å². The number of rotatable bonds is 59. The number of carboxylic acid groups (broad SMARTS) is 1. The van der Waals surface area contributed by atoms with E-state index in [4.69, 9.17) is 18.9 Å². The molecule has 2 unspecified atom stereocenters. The Bertz CT molecular complexity index is 1680. The van der Waals surface area contributed by atoms with Crippen LogP contribution >= 0.6 is 0 Å². The van der Waals surface area contributed by atoms with E-state index < -0.39 is 24.3 Å². The summed E-state index contributed by atoms with van der Waals surface area (Å²) in [6, 6.07) is 0. The lowest BCUT2D eigenvalue weighted by Crippen LogP contribution is -2.44. The van der Waals surface area contributed by atoms with Crippen LogP contribution in [-0.2, 0) is 33.3 Å². The number of hydrogen-bond donors (Lipinski definition) is 0. The summed E-state index contributed by atoms with van der Waals surface area (Å²) in [5.41, 5.74) is 0. The second-order valence-corrected chi connectivity index (χ2v) is 22.7. The van der Waals surface area contributed by atoms with Gasteiger partial charge in [0.1, 0.15) is 13.2 Å². The fourth-order valence-electron chi connectivity index (χ4n) is 8.82. The van der Waals surface area contributed by atoms with Gasteiger partial charge >= 0.3 is 11.9 Å². The number of ether oxygens (including phenoxy) is 4. The number of nitrogens with zero attached hydrogens (tertiary/aromatic N) is 1. The van der Waals surface area contributed by atoms with E-state index in [1.54, 1.807) is 0 Å². The van der Waals surface area contributed by atoms with Gasteiger partial charge in [-0.25, -0.2) is 0 Å². The van der Waals surface area contributed by atoms with Crippen molar-refractivity contribution in [3.63, 3.8) is 0 Å². The SMILES string of the molecule is CC/C=C\C/C=C\C/C=C\C/C=C\C/C=C\C/C=C\C/C=C\C/C=C\C/C=C\CCCCCCCCCCCC(=O)OC(COC(=O)CCCCCCCCCCCCCCCCCCCC)COC(OCC[N+](C)(C)C)C(=O)[O-]. The van der Waals surface area contributed by atoms with Crippen molar-refractivity contribution in [1.82, 2.24) is 0 Å². The van der Waals surface area contributed by atoms with Crippen LogP contribution < -0.4 is 5.11 Å². The Labute approximate surface area is 492 Å². The zero-order chi connectivity index (χ0) is 58.3. The molecule has 2 atom stereocenters. The summed E-state index contributed by atoms with van der Waals surface area (Å²) < 4.78 is 22.7. The van der Waals surface area contributed by atoms with Gasteiger partial charge in [0.05, 0.1) is 40.3 Å². The molecule has 0 aliphatic heterocycles. The number of likely N-dealkylation sites (N-methyl/N-ethyl adjacent to an activating group) is 1. The van der Waals surface area contributed by atoms with Crippen LogP contribution in [0.15, 0.2) is 109 Å². The molecule has 0 aliphatic carbocycles. The monoisotopic (exact) mass is 1120 g/mol. The molecule has 0 amide bonds. The highest BCUT2D eigenvalue weighted by Crippen LogP contribution is 2.16. The molecule has 0 aromatic heterocycles. The van der Waals surface area contributed by atoms with Gasteiger partial charge in [0.2, 0.25) is 0 Å². The van der Waals surface area contributed by atoms with Crippen LogP contribution in [0, 0.1) is 0 Å². The molecule has 0 radical (unpaired) electrons. The zero-order valence-electron chi connectivity index (χ0n) is 52.2. The Kier molecular flexibility index (Phi) is 57.9. The minimum absolute atomic E-state index is 0.143. The molecule has 9 nitrogen and oxygen atoms in total. The summed E-state index contributed by atoms with van der Waals surface area (Å²) in [7, 11) is 5.92. The largest absolute Gasteiger partial charge is 0.545 e. The number of carboxylic acids is 1. The van der Waals surface area contributed by atoms with Gasteiger partial charge in [0.25, 0.3) is 0 Å². The normalized spacial score (nSPS) is 13.5. The maximum atomic E-state index is 12.9. The van der Waals surface area contributed by atoms with Crippen LogP contribution in [0.25, 0.3) is 0 Å². The standard InChI is InChI=1S/C71H121NO8/c1-6-8-10-12-14-16-18-20-22-24-26-27-28-29-30-31-32-33-34-35-36-37-38-39-40-41-42-43-44-46-48-50-52-54-56-58-60-62-69(74)80-67(66-79-71(70(75)76)77-64-63-72(3,4)5)65-78-68(73)61-59-57-55-53-51-49-47-45-25-23-21-19-17-15-13-11-9-7-2/h8,10,14,16,20,22,26-27,29-30,32-33,35-36,38-39,41-42,67,71H,6-7,9,11-13,15,17-19,21,23-25,28,31,34,37,40,43-66H2,1-5H3/b10-8-,16-14-,22-20-,27-26-,30-29-,33-32-,36-35-,39-38-,42-41-. The van der Waals surface area contributed by atoms with E-state index in [1.807, 2.05) is 21.1 Å². The van der Waals surface area contributed by atoms with Crippen LogP contribution in [0.4, 0.5) is 0 Å². The van der Waals surface area contributed by atoms with Gasteiger partial charge in [0, 0.05) is 12.8 Å². The lowest BCUT2D eigenvalue weighted by atomic mass is 10.0. The molecule has 0 spiro atoms. The van der Waals surface area contributed by atoms with E-state index in [-0.39, 0.29) is 32.2 Å². The van der Waals surface area contributed by atoms with Crippen LogP contribution in [-0.4, -0.2) is 82.3 Å². The van der Waals surface area contributed by atoms with E-state index in [2.05, 4.69) is 123 Å². The fraction of sp³-hybridized carbons (Fsp3) is 0.704. The van der Waals surface area contributed by atoms with Crippen LogP contribution in [0.5, 0.6) is 0 Å². The van der Waals surface area contributed by atoms with Gasteiger partial charge in [-0.05, 0) is 83.5 Å². The first-order chi connectivity index (χ1) is 39.1. The first-order valence-corrected chi connectivity index (χ1v) is 32.5. The quantitative estimate of drug-likeness (QED) is 0.0195. The highest BCUT2D eigenvalue weighted by Gasteiger charge is 2.22. The number of hydrogen-bond acceptors (Lipinski definition) is 8. The molecular weight excluding hydrogens is 995 g/mol. The molecule has 0 N–H and O–H groups in total. The first kappa shape index (κ1) is 76.0. The van der Waals surface area contributed by atoms with Crippen molar-refractivity contribution in [3.8, 4) is 0 Å². The highest BCUT2D eigenvalue weighted by molar-refractivity contribution is 5.70. The van der Waals surface area contributed by atoms with Crippen molar-refractivity contribution >= 4 is 17.9 Å². The number of esters is 2. The summed E-state index contributed by atoms with van der Waals surface area (Å²) in [4.78, 5) is 37.4.